The lowest BCUT2D eigenvalue weighted by Crippen LogP contribution is -2.31. The van der Waals surface area contributed by atoms with E-state index in [9.17, 15) is 8.42 Å². The van der Waals surface area contributed by atoms with Crippen LogP contribution in [0.3, 0.4) is 0 Å². The molecule has 0 aliphatic carbocycles. The minimum absolute atomic E-state index is 0.126. The van der Waals surface area contributed by atoms with Crippen LogP contribution in [0.4, 0.5) is 0 Å². The van der Waals surface area contributed by atoms with Crippen molar-refractivity contribution in [2.75, 3.05) is 28.4 Å². The molecule has 0 spiro atoms. The average Bonchev–Trinajstić information content (AvgIpc) is 3.25. The van der Waals surface area contributed by atoms with Crippen molar-refractivity contribution in [1.82, 2.24) is 29.7 Å². The fraction of sp³-hybridized carbons (Fsp3) is 0.476. The monoisotopic (exact) mass is 526 g/mol. The summed E-state index contributed by atoms with van der Waals surface area (Å²) in [7, 11) is 2.03. The lowest BCUT2D eigenvalue weighted by molar-refractivity contribution is -0.111. The Kier molecular flexibility index (Phi) is 9.08. The Morgan fingerprint density at radius 2 is 1.71 bits per heavy atom. The topological polar surface area (TPSA) is 140 Å². The van der Waals surface area contributed by atoms with Gasteiger partial charge in [-0.2, -0.15) is 0 Å². The van der Waals surface area contributed by atoms with Crippen LogP contribution in [0, 0.1) is 0 Å². The van der Waals surface area contributed by atoms with E-state index >= 15 is 0 Å². The van der Waals surface area contributed by atoms with Crippen molar-refractivity contribution < 1.29 is 27.4 Å². The summed E-state index contributed by atoms with van der Waals surface area (Å²) in [5.41, 5.74) is 0.448. The molecule has 0 N–H and O–H groups in total. The van der Waals surface area contributed by atoms with E-state index in [4.69, 9.17) is 30.5 Å². The van der Waals surface area contributed by atoms with E-state index in [1.54, 1.807) is 22.8 Å². The number of hydrogen-bond donors (Lipinski definition) is 0. The third-order valence-corrected chi connectivity index (χ3v) is 7.55. The normalized spacial score (nSPS) is 13.7. The molecule has 0 radical (unpaired) electrons. The largest absolute Gasteiger partial charge is 0.481 e. The standard InChI is InChI=1S/C21H27ClN6O6S/c1-13(19(34-5)20-23-9-14(22)10-24-20)35(29,30)12-16-26-27-21(28(16)11-18(32-3)33-4)15-7-6-8-17(25-15)31-2/h6-10,13,18-19H,11-12H2,1-5H3/t13-,19-/m0/s1. The van der Waals surface area contributed by atoms with Crippen molar-refractivity contribution >= 4 is 21.4 Å². The maximum Gasteiger partial charge on any atom is 0.213 e. The molecule has 12 nitrogen and oxygen atoms in total. The molecule has 0 bridgehead atoms. The first kappa shape index (κ1) is 26.9. The van der Waals surface area contributed by atoms with Crippen LogP contribution in [0.25, 0.3) is 11.5 Å². The number of rotatable bonds is 12. The van der Waals surface area contributed by atoms with Gasteiger partial charge >= 0.3 is 0 Å². The Labute approximate surface area is 208 Å². The molecule has 0 aliphatic heterocycles. The highest BCUT2D eigenvalue weighted by Gasteiger charge is 2.34. The molecule has 0 aliphatic rings. The fourth-order valence-corrected chi connectivity index (χ4v) is 4.89. The molecule has 35 heavy (non-hydrogen) atoms. The Bertz CT molecular complexity index is 1220. The van der Waals surface area contributed by atoms with Crippen molar-refractivity contribution in [2.24, 2.45) is 0 Å². The average molecular weight is 527 g/mol. The highest BCUT2D eigenvalue weighted by Crippen LogP contribution is 2.27. The first-order chi connectivity index (χ1) is 16.7. The van der Waals surface area contributed by atoms with E-state index in [2.05, 4.69) is 25.1 Å². The van der Waals surface area contributed by atoms with Gasteiger partial charge in [0.25, 0.3) is 0 Å². The van der Waals surface area contributed by atoms with Crippen LogP contribution in [-0.2, 0) is 36.3 Å². The highest BCUT2D eigenvalue weighted by molar-refractivity contribution is 7.91. The zero-order chi connectivity index (χ0) is 25.6. The number of aromatic nitrogens is 6. The number of methoxy groups -OCH3 is 4. The van der Waals surface area contributed by atoms with E-state index in [1.165, 1.54) is 47.8 Å². The Balaban J connectivity index is 1.98. The molecule has 0 unspecified atom stereocenters. The van der Waals surface area contributed by atoms with Gasteiger partial charge in [0.15, 0.2) is 27.8 Å². The zero-order valence-electron chi connectivity index (χ0n) is 20.0. The minimum atomic E-state index is -3.82. The molecule has 0 aromatic carbocycles. The molecule has 0 amide bonds. The maximum absolute atomic E-state index is 13.4. The van der Waals surface area contributed by atoms with E-state index in [1.807, 2.05) is 0 Å². The summed E-state index contributed by atoms with van der Waals surface area (Å²) in [4.78, 5) is 12.6. The van der Waals surface area contributed by atoms with E-state index in [0.29, 0.717) is 22.4 Å². The molecular formula is C21H27ClN6O6S. The van der Waals surface area contributed by atoms with Gasteiger partial charge in [-0.25, -0.2) is 23.4 Å². The number of sulfone groups is 1. The highest BCUT2D eigenvalue weighted by atomic mass is 35.5. The van der Waals surface area contributed by atoms with Gasteiger partial charge in [-0.1, -0.05) is 17.7 Å². The van der Waals surface area contributed by atoms with Gasteiger partial charge in [-0.3, -0.25) is 0 Å². The molecule has 0 saturated carbocycles. The van der Waals surface area contributed by atoms with Gasteiger partial charge in [0.05, 0.1) is 23.9 Å². The molecule has 3 heterocycles. The molecule has 3 aromatic rings. The summed E-state index contributed by atoms with van der Waals surface area (Å²) in [5, 5.41) is 7.70. The third-order valence-electron chi connectivity index (χ3n) is 5.32. The van der Waals surface area contributed by atoms with Crippen LogP contribution in [0.1, 0.15) is 24.7 Å². The van der Waals surface area contributed by atoms with Crippen LogP contribution in [0.15, 0.2) is 30.6 Å². The van der Waals surface area contributed by atoms with E-state index < -0.39 is 33.2 Å². The van der Waals surface area contributed by atoms with Gasteiger partial charge in [0.2, 0.25) is 5.88 Å². The molecule has 0 saturated heterocycles. The summed E-state index contributed by atoms with van der Waals surface area (Å²) in [6.45, 7) is 1.65. The molecule has 14 heteroatoms. The minimum Gasteiger partial charge on any atom is -0.481 e. The second kappa shape index (κ2) is 11.8. The number of nitrogens with zero attached hydrogens (tertiary/aromatic N) is 6. The fourth-order valence-electron chi connectivity index (χ4n) is 3.35. The zero-order valence-corrected chi connectivity index (χ0v) is 21.5. The van der Waals surface area contributed by atoms with Crippen molar-refractivity contribution in [3.05, 3.63) is 47.3 Å². The second-order valence-electron chi connectivity index (χ2n) is 7.44. The van der Waals surface area contributed by atoms with Gasteiger partial charge < -0.3 is 23.5 Å². The Morgan fingerprint density at radius 3 is 2.31 bits per heavy atom. The van der Waals surface area contributed by atoms with E-state index in [0.717, 1.165) is 0 Å². The van der Waals surface area contributed by atoms with Gasteiger partial charge in [-0.05, 0) is 13.0 Å². The predicted octanol–water partition coefficient (Wildman–Crippen LogP) is 2.10. The lowest BCUT2D eigenvalue weighted by Gasteiger charge is -2.22. The molecule has 0 fully saturated rings. The van der Waals surface area contributed by atoms with Gasteiger partial charge in [-0.15, -0.1) is 10.2 Å². The first-order valence-electron chi connectivity index (χ1n) is 10.4. The number of halogens is 1. The molecule has 190 valence electrons. The summed E-state index contributed by atoms with van der Waals surface area (Å²) in [6.07, 6.45) is 1.17. The van der Waals surface area contributed by atoms with Crippen LogP contribution >= 0.6 is 11.6 Å². The van der Waals surface area contributed by atoms with Crippen LogP contribution < -0.4 is 4.74 Å². The molecule has 3 rings (SSSR count). The smallest absolute Gasteiger partial charge is 0.213 e. The van der Waals surface area contributed by atoms with Crippen molar-refractivity contribution in [3.8, 4) is 17.4 Å². The van der Waals surface area contributed by atoms with Crippen LogP contribution in [-0.4, -0.2) is 78.1 Å². The molecule has 2 atom stereocenters. The number of ether oxygens (including phenoxy) is 4. The van der Waals surface area contributed by atoms with Crippen molar-refractivity contribution in [2.45, 2.75) is 36.9 Å². The quantitative estimate of drug-likeness (QED) is 0.320. The molecule has 3 aromatic heterocycles. The Morgan fingerprint density at radius 1 is 1.03 bits per heavy atom. The van der Waals surface area contributed by atoms with Crippen LogP contribution in [0.5, 0.6) is 5.88 Å². The first-order valence-corrected chi connectivity index (χ1v) is 12.5. The summed E-state index contributed by atoms with van der Waals surface area (Å²) in [5.74, 6) is 0.668. The Hall–Kier alpha value is -2.71. The van der Waals surface area contributed by atoms with Gasteiger partial charge in [0.1, 0.15) is 23.4 Å². The second-order valence-corrected chi connectivity index (χ2v) is 10.2. The van der Waals surface area contributed by atoms with Crippen LogP contribution in [0.2, 0.25) is 5.02 Å². The maximum atomic E-state index is 13.4. The SMILES string of the molecule is COc1cccc(-c2nnc(CS(=O)(=O)[C@@H](C)[C@H](OC)c3ncc(Cl)cn3)n2CC(OC)OC)n1. The molecular weight excluding hydrogens is 500 g/mol. The number of pyridine rings is 1. The summed E-state index contributed by atoms with van der Waals surface area (Å²) in [6, 6.07) is 5.16. The lowest BCUT2D eigenvalue weighted by atomic mass is 10.2. The summed E-state index contributed by atoms with van der Waals surface area (Å²) < 4.78 is 49.7. The van der Waals surface area contributed by atoms with Gasteiger partial charge in [0, 0.05) is 39.8 Å². The predicted molar refractivity (Wildman–Crippen MR) is 126 cm³/mol. The third kappa shape index (κ3) is 6.30. The van der Waals surface area contributed by atoms with E-state index in [-0.39, 0.29) is 18.2 Å². The van der Waals surface area contributed by atoms with Crippen molar-refractivity contribution in [3.63, 3.8) is 0 Å². The van der Waals surface area contributed by atoms with Crippen molar-refractivity contribution in [1.29, 1.82) is 0 Å². The summed E-state index contributed by atoms with van der Waals surface area (Å²) >= 11 is 5.86. The number of hydrogen-bond acceptors (Lipinski definition) is 11.